The van der Waals surface area contributed by atoms with Crippen molar-refractivity contribution in [3.63, 3.8) is 0 Å². The fraction of sp³-hybridized carbons (Fsp3) is 0.286. The van der Waals surface area contributed by atoms with E-state index in [9.17, 15) is 22.4 Å². The van der Waals surface area contributed by atoms with Crippen LogP contribution in [0.5, 0.6) is 11.5 Å². The van der Waals surface area contributed by atoms with Crippen molar-refractivity contribution in [1.29, 1.82) is 0 Å². The summed E-state index contributed by atoms with van der Waals surface area (Å²) in [6.45, 7) is 2.42. The highest BCUT2D eigenvalue weighted by Crippen LogP contribution is 2.37. The van der Waals surface area contributed by atoms with E-state index in [4.69, 9.17) is 4.74 Å². The maximum absolute atomic E-state index is 15.0. The normalized spacial score (nSPS) is 15.5. The van der Waals surface area contributed by atoms with Gasteiger partial charge >= 0.3 is 0 Å². The van der Waals surface area contributed by atoms with Crippen molar-refractivity contribution in [2.75, 3.05) is 6.54 Å². The molecule has 3 heterocycles. The first-order valence-electron chi connectivity index (χ1n) is 9.67. The highest BCUT2D eigenvalue weighted by molar-refractivity contribution is 5.94. The number of hydrogen-bond donors (Lipinski definition) is 0. The maximum Gasteiger partial charge on any atom is 0.291 e. The summed E-state index contributed by atoms with van der Waals surface area (Å²) in [7, 11) is 0. The predicted octanol–water partition coefficient (Wildman–Crippen LogP) is 4.43. The second-order valence-corrected chi connectivity index (χ2v) is 7.69. The van der Waals surface area contributed by atoms with Gasteiger partial charge in [-0.2, -0.15) is 8.78 Å². The summed E-state index contributed by atoms with van der Waals surface area (Å²) < 4.78 is 63.3. The van der Waals surface area contributed by atoms with Crippen LogP contribution in [0.15, 0.2) is 24.4 Å². The minimum Gasteiger partial charge on any atom is -0.449 e. The van der Waals surface area contributed by atoms with Crippen LogP contribution in [0.4, 0.5) is 17.6 Å². The van der Waals surface area contributed by atoms with Gasteiger partial charge in [-0.05, 0) is 37.8 Å². The van der Waals surface area contributed by atoms with E-state index >= 15 is 0 Å². The highest BCUT2D eigenvalue weighted by Gasteiger charge is 2.37. The minimum absolute atomic E-state index is 0.111. The summed E-state index contributed by atoms with van der Waals surface area (Å²) in [6.07, 6.45) is 2.78. The number of carbonyl (C=O) groups excluding carboxylic acids is 1. The Morgan fingerprint density at radius 1 is 1.13 bits per heavy atom. The molecule has 10 heteroatoms. The number of halogens is 4. The molecule has 0 radical (unpaired) electrons. The number of hydrogen-bond acceptors (Lipinski definition) is 4. The number of aryl methyl sites for hydroxylation is 1. The Kier molecular flexibility index (Phi) is 4.45. The summed E-state index contributed by atoms with van der Waals surface area (Å²) in [5.74, 6) is -5.56. The van der Waals surface area contributed by atoms with Crippen LogP contribution in [0.25, 0.3) is 11.3 Å². The van der Waals surface area contributed by atoms with Crippen molar-refractivity contribution < 1.29 is 27.1 Å². The number of fused-ring (bicyclic) bond motifs is 1. The maximum atomic E-state index is 15.0. The zero-order valence-corrected chi connectivity index (χ0v) is 16.3. The average Bonchev–Trinajstić information content (AvgIpc) is 3.43. The molecule has 160 valence electrons. The summed E-state index contributed by atoms with van der Waals surface area (Å²) in [4.78, 5) is 21.7. The van der Waals surface area contributed by atoms with Crippen LogP contribution in [0.3, 0.4) is 0 Å². The molecule has 1 amide bonds. The van der Waals surface area contributed by atoms with Crippen LogP contribution < -0.4 is 4.74 Å². The van der Waals surface area contributed by atoms with Gasteiger partial charge in [0.1, 0.15) is 5.82 Å². The van der Waals surface area contributed by atoms with Crippen molar-refractivity contribution >= 4 is 5.91 Å². The van der Waals surface area contributed by atoms with Crippen molar-refractivity contribution in [3.8, 4) is 22.8 Å². The van der Waals surface area contributed by atoms with Crippen LogP contribution in [0, 0.1) is 36.2 Å². The van der Waals surface area contributed by atoms with E-state index in [-0.39, 0.29) is 29.7 Å². The lowest BCUT2D eigenvalue weighted by molar-refractivity contribution is 0.0758. The molecule has 1 aliphatic carbocycles. The number of nitrogens with zero attached hydrogens (tertiary/aromatic N) is 4. The third-order valence-electron chi connectivity index (χ3n) is 5.40. The Morgan fingerprint density at radius 2 is 1.90 bits per heavy atom. The lowest BCUT2D eigenvalue weighted by atomic mass is 10.1. The second-order valence-electron chi connectivity index (χ2n) is 7.69. The quantitative estimate of drug-likeness (QED) is 0.442. The molecule has 0 spiro atoms. The van der Waals surface area contributed by atoms with Gasteiger partial charge in [0.2, 0.25) is 11.6 Å². The first-order chi connectivity index (χ1) is 14.8. The lowest BCUT2D eigenvalue weighted by Gasteiger charge is -2.16. The van der Waals surface area contributed by atoms with Gasteiger partial charge in [-0.25, -0.2) is 18.7 Å². The molecule has 1 fully saturated rings. The van der Waals surface area contributed by atoms with Crippen molar-refractivity contribution in [1.82, 2.24) is 19.4 Å². The topological polar surface area (TPSA) is 60.2 Å². The van der Waals surface area contributed by atoms with Crippen LogP contribution >= 0.6 is 0 Å². The second kappa shape index (κ2) is 7.07. The molecule has 0 unspecified atom stereocenters. The van der Waals surface area contributed by atoms with Crippen molar-refractivity contribution in [3.05, 3.63) is 59.3 Å². The van der Waals surface area contributed by atoms with Crippen LogP contribution in [0.2, 0.25) is 0 Å². The Bertz CT molecular complexity index is 1220. The number of amides is 1. The van der Waals surface area contributed by atoms with Gasteiger partial charge in [-0.3, -0.25) is 4.79 Å². The monoisotopic (exact) mass is 432 g/mol. The Morgan fingerprint density at radius 3 is 2.65 bits per heavy atom. The lowest BCUT2D eigenvalue weighted by Crippen LogP contribution is -2.27. The van der Waals surface area contributed by atoms with E-state index in [0.29, 0.717) is 30.4 Å². The smallest absolute Gasteiger partial charge is 0.291 e. The van der Waals surface area contributed by atoms with E-state index in [1.807, 2.05) is 0 Å². The van der Waals surface area contributed by atoms with E-state index in [0.717, 1.165) is 18.9 Å². The molecule has 6 nitrogen and oxygen atoms in total. The Balaban J connectivity index is 1.50. The first-order valence-corrected chi connectivity index (χ1v) is 9.67. The van der Waals surface area contributed by atoms with Crippen LogP contribution in [0.1, 0.15) is 29.2 Å². The van der Waals surface area contributed by atoms with Gasteiger partial charge in [-0.15, -0.1) is 0 Å². The third kappa shape index (κ3) is 3.31. The van der Waals surface area contributed by atoms with Gasteiger partial charge < -0.3 is 14.2 Å². The molecular weight excluding hydrogens is 416 g/mol. The van der Waals surface area contributed by atoms with E-state index in [1.54, 1.807) is 16.4 Å². The number of carbonyl (C=O) groups is 1. The molecule has 3 aromatic rings. The molecular formula is C21H16F4N4O2. The average molecular weight is 432 g/mol. The molecule has 5 rings (SSSR count). The molecule has 0 N–H and O–H groups in total. The number of benzene rings is 1. The van der Waals surface area contributed by atoms with Gasteiger partial charge in [0.25, 0.3) is 11.9 Å². The highest BCUT2D eigenvalue weighted by atomic mass is 19.2. The van der Waals surface area contributed by atoms with Gasteiger partial charge in [-0.1, -0.05) is 0 Å². The largest absolute Gasteiger partial charge is 0.449 e. The van der Waals surface area contributed by atoms with Gasteiger partial charge in [0, 0.05) is 18.2 Å². The van der Waals surface area contributed by atoms with E-state index in [2.05, 4.69) is 9.97 Å². The zero-order valence-electron chi connectivity index (χ0n) is 16.3. The molecule has 0 bridgehead atoms. The van der Waals surface area contributed by atoms with E-state index in [1.165, 1.54) is 6.07 Å². The van der Waals surface area contributed by atoms with Gasteiger partial charge in [0.05, 0.1) is 24.3 Å². The van der Waals surface area contributed by atoms with Crippen molar-refractivity contribution in [2.45, 2.75) is 26.4 Å². The first kappa shape index (κ1) is 19.5. The number of pyridine rings is 1. The number of ether oxygens (including phenoxy) is 1. The number of imidazole rings is 1. The molecule has 31 heavy (non-hydrogen) atoms. The molecule has 0 atom stereocenters. The Labute approximate surface area is 174 Å². The fourth-order valence-electron chi connectivity index (χ4n) is 3.73. The predicted molar refractivity (Wildman–Crippen MR) is 100 cm³/mol. The fourth-order valence-corrected chi connectivity index (χ4v) is 3.73. The number of rotatable bonds is 5. The van der Waals surface area contributed by atoms with Crippen LogP contribution in [-0.2, 0) is 6.67 Å². The van der Waals surface area contributed by atoms with E-state index < -0.39 is 34.9 Å². The minimum atomic E-state index is -1.38. The molecule has 1 aliphatic heterocycles. The van der Waals surface area contributed by atoms with Crippen LogP contribution in [-0.4, -0.2) is 31.9 Å². The molecule has 1 saturated carbocycles. The standard InChI is InChI=1S/C21H16F4N4O2/c1-10-18(29-9-28(8-11-2-3-11)21(30)20(29)27-10)13-4-5-14(17(24)16(13)23)31-15-6-12(22)7-26-19(15)25/h4-7,11H,2-3,8-9H2,1H3. The van der Waals surface area contributed by atoms with Gasteiger partial charge in [0.15, 0.2) is 17.3 Å². The Hall–Kier alpha value is -3.43. The summed E-state index contributed by atoms with van der Waals surface area (Å²) in [5.41, 5.74) is 0.546. The summed E-state index contributed by atoms with van der Waals surface area (Å²) in [5, 5.41) is 0. The summed E-state index contributed by atoms with van der Waals surface area (Å²) in [6, 6.07) is 3.04. The molecule has 1 aromatic carbocycles. The zero-order chi connectivity index (χ0) is 21.9. The number of aromatic nitrogens is 3. The molecule has 2 aliphatic rings. The molecule has 2 aromatic heterocycles. The molecule has 0 saturated heterocycles. The summed E-state index contributed by atoms with van der Waals surface area (Å²) >= 11 is 0. The third-order valence-corrected chi connectivity index (χ3v) is 5.40. The SMILES string of the molecule is Cc1nc2n(c1-c1ccc(Oc3cc(F)cnc3F)c(F)c1F)CN(CC1CC1)C2=O. The van der Waals surface area contributed by atoms with Crippen molar-refractivity contribution in [2.24, 2.45) is 5.92 Å².